The quantitative estimate of drug-likeness (QED) is 0.257. The molecule has 3 aromatic rings. The number of aliphatic hydroxyl groups is 1. The number of nitrogens with one attached hydrogen (secondary N) is 2. The van der Waals surface area contributed by atoms with Crippen molar-refractivity contribution in [2.24, 2.45) is 0 Å². The molecule has 0 unspecified atom stereocenters. The Bertz CT molecular complexity index is 1360. The van der Waals surface area contributed by atoms with Crippen LogP contribution in [-0.4, -0.2) is 35.7 Å². The molecule has 1 heterocycles. The topological polar surface area (TPSA) is 129 Å². The van der Waals surface area contributed by atoms with Crippen LogP contribution in [0.4, 0.5) is 5.69 Å². The van der Waals surface area contributed by atoms with Crippen molar-refractivity contribution in [2.45, 2.75) is 24.7 Å². The predicted molar refractivity (Wildman–Crippen MR) is 132 cm³/mol. The monoisotopic (exact) mass is 530 g/mol. The van der Waals surface area contributed by atoms with E-state index in [2.05, 4.69) is 51.9 Å². The van der Waals surface area contributed by atoms with Gasteiger partial charge in [0.2, 0.25) is 5.89 Å². The molecule has 0 radical (unpaired) electrons. The van der Waals surface area contributed by atoms with E-state index in [1.807, 2.05) is 24.3 Å². The highest BCUT2D eigenvalue weighted by Gasteiger charge is 2.22. The van der Waals surface area contributed by atoms with Crippen molar-refractivity contribution in [2.75, 3.05) is 11.6 Å². The van der Waals surface area contributed by atoms with Gasteiger partial charge in [0.05, 0.1) is 9.38 Å². The van der Waals surface area contributed by atoms with Gasteiger partial charge in [0.15, 0.2) is 9.84 Å². The zero-order valence-corrected chi connectivity index (χ0v) is 20.7. The van der Waals surface area contributed by atoms with Crippen LogP contribution in [0.3, 0.4) is 0 Å². The lowest BCUT2D eigenvalue weighted by Gasteiger charge is -2.16. The number of nitrogens with zero attached hydrogens (tertiary/aromatic N) is 2. The van der Waals surface area contributed by atoms with E-state index in [-0.39, 0.29) is 38.5 Å². The largest absolute Gasteiger partial charge is 0.506 e. The lowest BCUT2D eigenvalue weighted by molar-refractivity contribution is 0.446. The molecule has 3 N–H and O–H groups in total. The Kier molecular flexibility index (Phi) is 7.19. The number of para-hydroxylation sites is 1. The van der Waals surface area contributed by atoms with E-state index in [0.717, 1.165) is 17.5 Å². The van der Waals surface area contributed by atoms with Gasteiger partial charge >= 0.3 is 0 Å². The summed E-state index contributed by atoms with van der Waals surface area (Å²) in [5, 5.41) is 29.3. The Hall–Kier alpha value is -3.24. The molecule has 0 aliphatic heterocycles. The highest BCUT2D eigenvalue weighted by Crippen LogP contribution is 2.32. The van der Waals surface area contributed by atoms with Crippen LogP contribution in [0.5, 0.6) is 0 Å². The first-order chi connectivity index (χ1) is 15.5. The van der Waals surface area contributed by atoms with Crippen molar-refractivity contribution in [1.29, 1.82) is 5.41 Å². The number of halogens is 1. The number of hydrogen-bond donors (Lipinski definition) is 3. The lowest BCUT2D eigenvalue weighted by atomic mass is 10.0. The normalized spacial score (nSPS) is 12.4. The van der Waals surface area contributed by atoms with Crippen LogP contribution >= 0.6 is 15.9 Å². The van der Waals surface area contributed by atoms with Crippen molar-refractivity contribution in [3.8, 4) is 11.5 Å². The second-order valence-electron chi connectivity index (χ2n) is 7.59. The van der Waals surface area contributed by atoms with Crippen molar-refractivity contribution >= 4 is 42.9 Å². The number of hydrogen-bond acceptors (Lipinski definition) is 8. The molecular formula is C23H23BrN4O4S. The van der Waals surface area contributed by atoms with Crippen molar-refractivity contribution in [3.05, 3.63) is 76.8 Å². The molecule has 0 fully saturated rings. The number of anilines is 1. The fraction of sp³-hybridized carbons (Fsp3) is 0.174. The van der Waals surface area contributed by atoms with Gasteiger partial charge in [-0.1, -0.05) is 44.7 Å². The molecule has 2 aromatic carbocycles. The van der Waals surface area contributed by atoms with Gasteiger partial charge < -0.3 is 14.8 Å². The average Bonchev–Trinajstić information content (AvgIpc) is 3.26. The van der Waals surface area contributed by atoms with Crippen LogP contribution in [0.15, 0.2) is 74.7 Å². The third kappa shape index (κ3) is 5.58. The molecule has 0 aliphatic carbocycles. The fourth-order valence-electron chi connectivity index (χ4n) is 3.00. The number of allylic oxidation sites excluding steroid dienone is 1. The van der Waals surface area contributed by atoms with Crippen LogP contribution < -0.4 is 5.32 Å². The Morgan fingerprint density at radius 2 is 1.88 bits per heavy atom. The zero-order chi connectivity index (χ0) is 24.3. The Morgan fingerprint density at radius 1 is 1.18 bits per heavy atom. The second kappa shape index (κ2) is 9.72. The van der Waals surface area contributed by atoms with Gasteiger partial charge in [-0.05, 0) is 51.7 Å². The van der Waals surface area contributed by atoms with E-state index in [0.29, 0.717) is 5.56 Å². The summed E-state index contributed by atoms with van der Waals surface area (Å²) in [6, 6.07) is 13.8. The van der Waals surface area contributed by atoms with E-state index in [1.54, 1.807) is 12.1 Å². The molecule has 0 aliphatic rings. The van der Waals surface area contributed by atoms with E-state index in [1.165, 1.54) is 12.1 Å². The van der Waals surface area contributed by atoms with Gasteiger partial charge in [0.25, 0.3) is 5.89 Å². The summed E-state index contributed by atoms with van der Waals surface area (Å²) in [6.45, 7) is 7.51. The molecule has 0 atom stereocenters. The minimum Gasteiger partial charge on any atom is -0.506 e. The third-order valence-electron chi connectivity index (χ3n) is 4.72. The first-order valence-electron chi connectivity index (χ1n) is 9.86. The van der Waals surface area contributed by atoms with Gasteiger partial charge in [-0.3, -0.25) is 5.41 Å². The predicted octanol–water partition coefficient (Wildman–Crippen LogP) is 5.53. The molecule has 33 heavy (non-hydrogen) atoms. The van der Waals surface area contributed by atoms with E-state index < -0.39 is 15.6 Å². The standard InChI is InChI=1S/C23H23BrN4O4S/c1-13(2)17-10-5-6-11-18(17)26-21(19(24)20(25)14(3)29)23-28-27-22(32-23)15-8-7-9-16(12-15)33(4,30)31/h5-13,25-26,29H,3H2,1-2,4H3/b21-19+,25-20?. The SMILES string of the molecule is C=C(O)C(=N)/C(Br)=C(\Nc1ccccc1C(C)C)c1nnc(-c2cccc(S(C)(=O)=O)c2)o1. The molecule has 10 heteroatoms. The third-order valence-corrected chi connectivity index (χ3v) is 6.62. The van der Waals surface area contributed by atoms with Crippen LogP contribution in [0.25, 0.3) is 17.2 Å². The van der Waals surface area contributed by atoms with Crippen molar-refractivity contribution in [3.63, 3.8) is 0 Å². The van der Waals surface area contributed by atoms with Crippen molar-refractivity contribution < 1.29 is 17.9 Å². The Labute approximate surface area is 200 Å². The summed E-state index contributed by atoms with van der Waals surface area (Å²) in [5.41, 5.74) is 2.19. The molecule has 3 rings (SSSR count). The Balaban J connectivity index is 2.11. The number of sulfone groups is 1. The number of aromatic nitrogens is 2. The number of aliphatic hydroxyl groups excluding tert-OH is 1. The van der Waals surface area contributed by atoms with Gasteiger partial charge in [-0.15, -0.1) is 10.2 Å². The van der Waals surface area contributed by atoms with Gasteiger partial charge in [-0.2, -0.15) is 0 Å². The maximum absolute atomic E-state index is 11.9. The van der Waals surface area contributed by atoms with Gasteiger partial charge in [0.1, 0.15) is 17.2 Å². The van der Waals surface area contributed by atoms with Crippen LogP contribution in [0.1, 0.15) is 31.2 Å². The summed E-state index contributed by atoms with van der Waals surface area (Å²) in [4.78, 5) is 0.124. The van der Waals surface area contributed by atoms with E-state index in [4.69, 9.17) is 9.83 Å². The van der Waals surface area contributed by atoms with E-state index >= 15 is 0 Å². The average molecular weight is 531 g/mol. The Morgan fingerprint density at radius 3 is 2.52 bits per heavy atom. The van der Waals surface area contributed by atoms with Gasteiger partial charge in [0, 0.05) is 17.5 Å². The first kappa shape index (κ1) is 24.4. The maximum Gasteiger partial charge on any atom is 0.265 e. The van der Waals surface area contributed by atoms with E-state index in [9.17, 15) is 13.5 Å². The number of rotatable bonds is 8. The maximum atomic E-state index is 11.9. The fourth-order valence-corrected chi connectivity index (χ4v) is 4.17. The minimum absolute atomic E-state index is 0.0335. The summed E-state index contributed by atoms with van der Waals surface area (Å²) in [6.07, 6.45) is 1.12. The zero-order valence-electron chi connectivity index (χ0n) is 18.3. The van der Waals surface area contributed by atoms with Crippen LogP contribution in [0, 0.1) is 5.41 Å². The molecule has 0 bridgehead atoms. The molecule has 0 amide bonds. The molecular weight excluding hydrogens is 508 g/mol. The first-order valence-corrected chi connectivity index (χ1v) is 12.5. The van der Waals surface area contributed by atoms with Gasteiger partial charge in [-0.25, -0.2) is 8.42 Å². The van der Waals surface area contributed by atoms with Crippen molar-refractivity contribution in [1.82, 2.24) is 10.2 Å². The lowest BCUT2D eigenvalue weighted by Crippen LogP contribution is -2.09. The van der Waals surface area contributed by atoms with Crippen LogP contribution in [-0.2, 0) is 9.84 Å². The summed E-state index contributed by atoms with van der Waals surface area (Å²) >= 11 is 3.33. The summed E-state index contributed by atoms with van der Waals surface area (Å²) in [7, 11) is -3.42. The van der Waals surface area contributed by atoms with Crippen LogP contribution in [0.2, 0.25) is 0 Å². The second-order valence-corrected chi connectivity index (χ2v) is 10.4. The molecule has 0 spiro atoms. The number of benzene rings is 2. The molecule has 0 saturated heterocycles. The smallest absolute Gasteiger partial charge is 0.265 e. The summed E-state index contributed by atoms with van der Waals surface area (Å²) in [5.74, 6) is -0.107. The summed E-state index contributed by atoms with van der Waals surface area (Å²) < 4.78 is 29.8. The highest BCUT2D eigenvalue weighted by molar-refractivity contribution is 9.12. The molecule has 0 saturated carbocycles. The molecule has 1 aromatic heterocycles. The highest BCUT2D eigenvalue weighted by atomic mass is 79.9. The molecule has 8 nitrogen and oxygen atoms in total. The molecule has 172 valence electrons. The minimum atomic E-state index is -3.42.